The predicted molar refractivity (Wildman–Crippen MR) is 239 cm³/mol. The minimum Gasteiger partial charge on any atom is -0.469 e. The molecule has 1 unspecified atom stereocenters. The van der Waals surface area contributed by atoms with Crippen LogP contribution in [0, 0.1) is 0 Å². The van der Waals surface area contributed by atoms with Crippen LogP contribution in [0.5, 0.6) is 0 Å². The highest BCUT2D eigenvalue weighted by atomic mass is 16.8. The van der Waals surface area contributed by atoms with E-state index in [-0.39, 0.29) is 25.6 Å². The average molecular weight is 897 g/mol. The Morgan fingerprint density at radius 1 is 0.631 bits per heavy atom. The van der Waals surface area contributed by atoms with Gasteiger partial charge in [0, 0.05) is 31.9 Å². The summed E-state index contributed by atoms with van der Waals surface area (Å²) in [5.41, 5.74) is 3.87. The van der Waals surface area contributed by atoms with E-state index in [1.807, 2.05) is 121 Å². The minimum atomic E-state index is -0.972. The van der Waals surface area contributed by atoms with Gasteiger partial charge in [-0.1, -0.05) is 147 Å². The standard InChI is InChI=1S/C52H64O13/c1-37(53)61-49-48-44(36-60-51(65-48)41-27-17-10-18-28-41)63-52(57-30-20-6-4-3-5-19-29-45(54)55-2)50(49)64-46-31-42(58-33-39-23-13-8-14-24-39)47(59-34-40-25-15-9-16-26-40)43(62-46)35-56-32-38-21-11-7-12-22-38/h7-18,21-28,42-44,46-52H,3-6,19-20,29-36H2,1-2H3/t42-,43-,44-,46-,47+,48-,49+,50-,51?,52+/m1/s1. The quantitative estimate of drug-likeness (QED) is 0.0492. The molecule has 3 heterocycles. The minimum absolute atomic E-state index is 0.177. The van der Waals surface area contributed by atoms with E-state index in [1.165, 1.54) is 14.0 Å². The lowest BCUT2D eigenvalue weighted by atomic mass is 9.96. The molecule has 3 aliphatic rings. The van der Waals surface area contributed by atoms with Crippen LogP contribution < -0.4 is 0 Å². The molecule has 0 bridgehead atoms. The van der Waals surface area contributed by atoms with E-state index < -0.39 is 67.6 Å². The van der Waals surface area contributed by atoms with Crippen LogP contribution >= 0.6 is 0 Å². The molecule has 0 aromatic heterocycles. The van der Waals surface area contributed by atoms with Crippen LogP contribution in [0.1, 0.15) is 86.8 Å². The Balaban J connectivity index is 1.12. The zero-order valence-corrected chi connectivity index (χ0v) is 37.5. The largest absolute Gasteiger partial charge is 0.469 e. The Morgan fingerprint density at radius 3 is 1.88 bits per heavy atom. The molecule has 13 heteroatoms. The zero-order chi connectivity index (χ0) is 45.1. The topological polar surface area (TPSA) is 136 Å². The van der Waals surface area contributed by atoms with Gasteiger partial charge in [0.25, 0.3) is 0 Å². The number of rotatable bonds is 24. The van der Waals surface area contributed by atoms with Crippen LogP contribution in [0.25, 0.3) is 0 Å². The fourth-order valence-corrected chi connectivity index (χ4v) is 8.39. The summed E-state index contributed by atoms with van der Waals surface area (Å²) < 4.78 is 70.5. The van der Waals surface area contributed by atoms with Gasteiger partial charge in [-0.3, -0.25) is 9.59 Å². The van der Waals surface area contributed by atoms with Crippen molar-refractivity contribution in [2.45, 2.75) is 140 Å². The summed E-state index contributed by atoms with van der Waals surface area (Å²) in [6.07, 6.45) is -1.42. The summed E-state index contributed by atoms with van der Waals surface area (Å²) in [7, 11) is 1.41. The number of methoxy groups -OCH3 is 1. The third kappa shape index (κ3) is 15.0. The van der Waals surface area contributed by atoms with E-state index in [0.717, 1.165) is 60.8 Å². The number of benzene rings is 4. The summed E-state index contributed by atoms with van der Waals surface area (Å²) >= 11 is 0. The molecule has 65 heavy (non-hydrogen) atoms. The molecule has 0 aliphatic carbocycles. The lowest BCUT2D eigenvalue weighted by Gasteiger charge is -2.50. The average Bonchev–Trinajstić information content (AvgIpc) is 3.34. The number of fused-ring (bicyclic) bond motifs is 1. The van der Waals surface area contributed by atoms with Crippen LogP contribution in [0.4, 0.5) is 0 Å². The molecule has 10 atom stereocenters. The second-order valence-electron chi connectivity index (χ2n) is 16.6. The highest BCUT2D eigenvalue weighted by molar-refractivity contribution is 5.69. The molecule has 0 radical (unpaired) electrons. The first-order chi connectivity index (χ1) is 31.9. The fourth-order valence-electron chi connectivity index (χ4n) is 8.39. The molecule has 0 N–H and O–H groups in total. The van der Waals surface area contributed by atoms with Crippen molar-refractivity contribution < 1.29 is 61.7 Å². The summed E-state index contributed by atoms with van der Waals surface area (Å²) in [5.74, 6) is -0.685. The first kappa shape index (κ1) is 48.4. The molecule has 4 aromatic rings. The van der Waals surface area contributed by atoms with Gasteiger partial charge < -0.3 is 52.1 Å². The molecular formula is C52H64O13. The van der Waals surface area contributed by atoms with Crippen LogP contribution in [0.15, 0.2) is 121 Å². The fraction of sp³-hybridized carbons (Fsp3) is 0.500. The maximum absolute atomic E-state index is 13.0. The van der Waals surface area contributed by atoms with Gasteiger partial charge in [0.05, 0.1) is 46.2 Å². The van der Waals surface area contributed by atoms with Crippen LogP contribution in [-0.2, 0) is 81.5 Å². The highest BCUT2D eigenvalue weighted by Gasteiger charge is 2.54. The number of hydrogen-bond acceptors (Lipinski definition) is 13. The van der Waals surface area contributed by atoms with Gasteiger partial charge in [0.1, 0.15) is 24.4 Å². The molecule has 3 fully saturated rings. The van der Waals surface area contributed by atoms with E-state index in [4.69, 9.17) is 52.1 Å². The molecule has 4 aromatic carbocycles. The third-order valence-electron chi connectivity index (χ3n) is 11.7. The summed E-state index contributed by atoms with van der Waals surface area (Å²) in [6, 6.07) is 39.6. The van der Waals surface area contributed by atoms with Gasteiger partial charge in [-0.2, -0.15) is 0 Å². The predicted octanol–water partition coefficient (Wildman–Crippen LogP) is 8.57. The number of carbonyl (C=O) groups is 2. The van der Waals surface area contributed by atoms with Gasteiger partial charge in [-0.15, -0.1) is 0 Å². The normalized spacial score (nSPS) is 26.5. The van der Waals surface area contributed by atoms with Gasteiger partial charge in [0.2, 0.25) is 0 Å². The first-order valence-corrected chi connectivity index (χ1v) is 23.0. The van der Waals surface area contributed by atoms with E-state index in [2.05, 4.69) is 0 Å². The molecule has 350 valence electrons. The van der Waals surface area contributed by atoms with Crippen LogP contribution in [0.2, 0.25) is 0 Å². The van der Waals surface area contributed by atoms with E-state index in [1.54, 1.807) is 0 Å². The Labute approximate surface area is 382 Å². The van der Waals surface area contributed by atoms with Crippen molar-refractivity contribution >= 4 is 11.9 Å². The molecule has 0 amide bonds. The maximum Gasteiger partial charge on any atom is 0.305 e. The van der Waals surface area contributed by atoms with Crippen molar-refractivity contribution in [3.05, 3.63) is 144 Å². The van der Waals surface area contributed by atoms with Crippen molar-refractivity contribution in [2.75, 3.05) is 26.9 Å². The molecule has 0 spiro atoms. The van der Waals surface area contributed by atoms with Gasteiger partial charge in [0.15, 0.2) is 31.1 Å². The highest BCUT2D eigenvalue weighted by Crippen LogP contribution is 2.39. The van der Waals surface area contributed by atoms with Crippen LogP contribution in [-0.4, -0.2) is 94.2 Å². The van der Waals surface area contributed by atoms with Crippen molar-refractivity contribution in [1.29, 1.82) is 0 Å². The van der Waals surface area contributed by atoms with E-state index in [0.29, 0.717) is 32.8 Å². The molecule has 13 nitrogen and oxygen atoms in total. The van der Waals surface area contributed by atoms with Crippen molar-refractivity contribution in [1.82, 2.24) is 0 Å². The molecule has 7 rings (SSSR count). The summed E-state index contributed by atoms with van der Waals surface area (Å²) in [4.78, 5) is 24.5. The Hall–Kier alpha value is -4.54. The van der Waals surface area contributed by atoms with Crippen molar-refractivity contribution in [3.63, 3.8) is 0 Å². The van der Waals surface area contributed by atoms with E-state index in [9.17, 15) is 9.59 Å². The third-order valence-corrected chi connectivity index (χ3v) is 11.7. The number of carbonyl (C=O) groups excluding carboxylic acids is 2. The van der Waals surface area contributed by atoms with Crippen molar-refractivity contribution in [3.8, 4) is 0 Å². The number of esters is 2. The molecule has 3 saturated heterocycles. The van der Waals surface area contributed by atoms with Crippen molar-refractivity contribution in [2.24, 2.45) is 0 Å². The Bertz CT molecular complexity index is 1950. The van der Waals surface area contributed by atoms with Gasteiger partial charge in [-0.05, 0) is 29.5 Å². The van der Waals surface area contributed by atoms with E-state index >= 15 is 0 Å². The molecule has 0 saturated carbocycles. The Morgan fingerprint density at radius 2 is 1.23 bits per heavy atom. The monoisotopic (exact) mass is 896 g/mol. The summed E-state index contributed by atoms with van der Waals surface area (Å²) in [6.45, 7) is 3.13. The smallest absolute Gasteiger partial charge is 0.305 e. The second-order valence-corrected chi connectivity index (χ2v) is 16.6. The lowest BCUT2D eigenvalue weighted by molar-refractivity contribution is -0.386. The first-order valence-electron chi connectivity index (χ1n) is 23.0. The number of hydrogen-bond donors (Lipinski definition) is 0. The molecule has 3 aliphatic heterocycles. The number of ether oxygens (including phenoxy) is 11. The van der Waals surface area contributed by atoms with Gasteiger partial charge >= 0.3 is 11.9 Å². The Kier molecular flexibility index (Phi) is 19.3. The SMILES string of the molecule is COC(=O)CCCCCCCCO[C@H]1O[C@@H]2COC(c3ccccc3)O[C@H]2[C@H](OC(C)=O)[C@H]1O[C@@H]1C[C@@H](OCc2ccccc2)[C@H](OCc2ccccc2)[C@@H](COCc2ccccc2)O1. The molecular weight excluding hydrogens is 833 g/mol. The lowest BCUT2D eigenvalue weighted by Crippen LogP contribution is -2.65. The number of unbranched alkanes of at least 4 members (excludes halogenated alkanes) is 5. The van der Waals surface area contributed by atoms with Crippen LogP contribution in [0.3, 0.4) is 0 Å². The zero-order valence-electron chi connectivity index (χ0n) is 37.5. The summed E-state index contributed by atoms with van der Waals surface area (Å²) in [5, 5.41) is 0. The maximum atomic E-state index is 13.0. The van der Waals surface area contributed by atoms with Gasteiger partial charge in [-0.25, -0.2) is 0 Å². The second kappa shape index (κ2) is 26.0.